The van der Waals surface area contributed by atoms with Gasteiger partial charge in [-0.2, -0.15) is 5.01 Å². The number of rotatable bonds is 8. The van der Waals surface area contributed by atoms with E-state index < -0.39 is 17.0 Å². The summed E-state index contributed by atoms with van der Waals surface area (Å²) in [5.41, 5.74) is 3.02. The summed E-state index contributed by atoms with van der Waals surface area (Å²) < 4.78 is 5.11. The number of anilines is 1. The lowest BCUT2D eigenvalue weighted by atomic mass is 10.1. The van der Waals surface area contributed by atoms with E-state index in [1.165, 1.54) is 36.4 Å². The summed E-state index contributed by atoms with van der Waals surface area (Å²) in [6.45, 7) is -0.199. The van der Waals surface area contributed by atoms with Crippen molar-refractivity contribution >= 4 is 29.8 Å². The molecule has 0 saturated carbocycles. The average molecular weight is 373 g/mol. The third-order valence-corrected chi connectivity index (χ3v) is 3.45. The largest absolute Gasteiger partial charge is 0.481 e. The number of non-ortho nitro benzene ring substituents is 1. The van der Waals surface area contributed by atoms with Crippen LogP contribution in [0.25, 0.3) is 0 Å². The number of carboxylic acids is 1. The van der Waals surface area contributed by atoms with Crippen LogP contribution in [0.4, 0.5) is 16.2 Å². The van der Waals surface area contributed by atoms with E-state index in [-0.39, 0.29) is 30.8 Å². The van der Waals surface area contributed by atoms with Gasteiger partial charge in [-0.1, -0.05) is 18.2 Å². The summed E-state index contributed by atoms with van der Waals surface area (Å²) in [5.74, 6) is -1.10. The number of nitrogens with zero attached hydrogens (tertiary/aromatic N) is 2. The van der Waals surface area contributed by atoms with E-state index in [0.29, 0.717) is 11.1 Å². The standard InChI is InChI=1S/C17H15N3O7/c21-11-18-19(15-4-2-1-3-13(15)9-16(22)23)17(24)27-10-12-5-7-14(8-6-12)20(25)26/h1-8,11H,9-10H2,(H,18,21)(H,22,23). The van der Waals surface area contributed by atoms with Crippen LogP contribution < -0.4 is 10.4 Å². The number of amides is 2. The predicted molar refractivity (Wildman–Crippen MR) is 92.7 cm³/mol. The highest BCUT2D eigenvalue weighted by molar-refractivity contribution is 5.90. The van der Waals surface area contributed by atoms with Gasteiger partial charge in [-0.25, -0.2) is 4.79 Å². The zero-order chi connectivity index (χ0) is 19.8. The van der Waals surface area contributed by atoms with Gasteiger partial charge in [-0.3, -0.25) is 25.1 Å². The molecule has 2 rings (SSSR count). The number of benzene rings is 2. The number of hydrogen-bond acceptors (Lipinski definition) is 6. The molecule has 2 N–H and O–H groups in total. The SMILES string of the molecule is O=CNN(C(=O)OCc1ccc([N+](=O)[O-])cc1)c1ccccc1CC(=O)O. The number of hydrogen-bond donors (Lipinski definition) is 2. The summed E-state index contributed by atoms with van der Waals surface area (Å²) >= 11 is 0. The Morgan fingerprint density at radius 2 is 1.85 bits per heavy atom. The second kappa shape index (κ2) is 8.94. The number of carboxylic acid groups (broad SMARTS) is 1. The monoisotopic (exact) mass is 373 g/mol. The van der Waals surface area contributed by atoms with Crippen LogP contribution in [-0.2, 0) is 27.4 Å². The van der Waals surface area contributed by atoms with Crippen molar-refractivity contribution < 1.29 is 29.2 Å². The van der Waals surface area contributed by atoms with Crippen LogP contribution in [-0.4, -0.2) is 28.5 Å². The minimum Gasteiger partial charge on any atom is -0.481 e. The van der Waals surface area contributed by atoms with Gasteiger partial charge in [0.15, 0.2) is 0 Å². The van der Waals surface area contributed by atoms with Crippen molar-refractivity contribution in [3.8, 4) is 0 Å². The van der Waals surface area contributed by atoms with Crippen LogP contribution in [0.3, 0.4) is 0 Å². The fraction of sp³-hybridized carbons (Fsp3) is 0.118. The molecule has 0 fully saturated rings. The van der Waals surface area contributed by atoms with Crippen molar-refractivity contribution in [2.45, 2.75) is 13.0 Å². The fourth-order valence-corrected chi connectivity index (χ4v) is 2.24. The first-order valence-electron chi connectivity index (χ1n) is 7.62. The molecule has 0 saturated heterocycles. The van der Waals surface area contributed by atoms with E-state index >= 15 is 0 Å². The van der Waals surface area contributed by atoms with Crippen molar-refractivity contribution in [1.29, 1.82) is 0 Å². The number of nitrogens with one attached hydrogen (secondary N) is 1. The molecule has 2 amide bonds. The number of hydrazine groups is 1. The molecular formula is C17H15N3O7. The molecular weight excluding hydrogens is 358 g/mol. The van der Waals surface area contributed by atoms with Crippen molar-refractivity contribution in [3.05, 3.63) is 69.8 Å². The third-order valence-electron chi connectivity index (χ3n) is 3.45. The van der Waals surface area contributed by atoms with Crippen molar-refractivity contribution in [2.24, 2.45) is 0 Å². The number of para-hydroxylation sites is 1. The maximum atomic E-state index is 12.3. The average Bonchev–Trinajstić information content (AvgIpc) is 2.64. The van der Waals surface area contributed by atoms with Crippen molar-refractivity contribution in [3.63, 3.8) is 0 Å². The molecule has 0 unspecified atom stereocenters. The molecule has 0 bridgehead atoms. The molecule has 0 aliphatic heterocycles. The van der Waals surface area contributed by atoms with Gasteiger partial charge in [0, 0.05) is 12.1 Å². The van der Waals surface area contributed by atoms with E-state index in [1.807, 2.05) is 0 Å². The van der Waals surface area contributed by atoms with E-state index in [1.54, 1.807) is 12.1 Å². The van der Waals surface area contributed by atoms with Gasteiger partial charge < -0.3 is 9.84 Å². The van der Waals surface area contributed by atoms with Gasteiger partial charge in [0.2, 0.25) is 6.41 Å². The van der Waals surface area contributed by atoms with Crippen molar-refractivity contribution in [2.75, 3.05) is 5.01 Å². The van der Waals surface area contributed by atoms with Crippen LogP contribution in [0.5, 0.6) is 0 Å². The Kier molecular flexibility index (Phi) is 6.42. The summed E-state index contributed by atoms with van der Waals surface area (Å²) in [6.07, 6.45) is -1.05. The van der Waals surface area contributed by atoms with Crippen LogP contribution in [0, 0.1) is 10.1 Å². The highest BCUT2D eigenvalue weighted by atomic mass is 16.6. The van der Waals surface area contributed by atoms with E-state index in [2.05, 4.69) is 5.43 Å². The molecule has 27 heavy (non-hydrogen) atoms. The molecule has 0 radical (unpaired) electrons. The molecule has 0 heterocycles. The zero-order valence-corrected chi connectivity index (χ0v) is 13.9. The first-order chi connectivity index (χ1) is 12.9. The Bertz CT molecular complexity index is 852. The number of ether oxygens (including phenoxy) is 1. The molecule has 140 valence electrons. The summed E-state index contributed by atoms with van der Waals surface area (Å²) in [6, 6.07) is 11.5. The van der Waals surface area contributed by atoms with Gasteiger partial charge in [-0.15, -0.1) is 0 Å². The van der Waals surface area contributed by atoms with Crippen LogP contribution in [0.1, 0.15) is 11.1 Å². The van der Waals surface area contributed by atoms with Gasteiger partial charge >= 0.3 is 12.1 Å². The van der Waals surface area contributed by atoms with E-state index in [4.69, 9.17) is 9.84 Å². The smallest absolute Gasteiger partial charge is 0.433 e. The second-order valence-electron chi connectivity index (χ2n) is 5.26. The molecule has 0 aliphatic carbocycles. The molecule has 0 aromatic heterocycles. The lowest BCUT2D eigenvalue weighted by molar-refractivity contribution is -0.384. The predicted octanol–water partition coefficient (Wildman–Crippen LogP) is 2.03. The van der Waals surface area contributed by atoms with Gasteiger partial charge in [0.25, 0.3) is 5.69 Å². The lowest BCUT2D eigenvalue weighted by Crippen LogP contribution is -2.43. The molecule has 10 nitrogen and oxygen atoms in total. The Balaban J connectivity index is 2.14. The summed E-state index contributed by atoms with van der Waals surface area (Å²) in [4.78, 5) is 44.3. The first-order valence-corrected chi connectivity index (χ1v) is 7.62. The molecule has 0 spiro atoms. The van der Waals surface area contributed by atoms with Gasteiger partial charge in [0.05, 0.1) is 17.0 Å². The Morgan fingerprint density at radius 1 is 1.19 bits per heavy atom. The zero-order valence-electron chi connectivity index (χ0n) is 13.9. The summed E-state index contributed by atoms with van der Waals surface area (Å²) in [7, 11) is 0. The normalized spacial score (nSPS) is 9.93. The van der Waals surface area contributed by atoms with Crippen LogP contribution >= 0.6 is 0 Å². The summed E-state index contributed by atoms with van der Waals surface area (Å²) in [5, 5.41) is 20.4. The topological polar surface area (TPSA) is 139 Å². The number of aliphatic carboxylic acids is 1. The van der Waals surface area contributed by atoms with Crippen molar-refractivity contribution in [1.82, 2.24) is 5.43 Å². The highest BCUT2D eigenvalue weighted by Gasteiger charge is 2.21. The number of carbonyl (C=O) groups is 3. The molecule has 0 aliphatic rings. The van der Waals surface area contributed by atoms with E-state index in [9.17, 15) is 24.5 Å². The van der Waals surface area contributed by atoms with Crippen LogP contribution in [0.2, 0.25) is 0 Å². The minimum absolute atomic E-state index is 0.100. The third kappa shape index (κ3) is 5.26. The second-order valence-corrected chi connectivity index (χ2v) is 5.26. The molecule has 2 aromatic carbocycles. The van der Waals surface area contributed by atoms with Gasteiger partial charge in [0.1, 0.15) is 6.61 Å². The minimum atomic E-state index is -1.10. The van der Waals surface area contributed by atoms with E-state index in [0.717, 1.165) is 5.01 Å². The number of nitro groups is 1. The maximum Gasteiger partial charge on any atom is 0.433 e. The first kappa shape index (κ1) is 19.4. The van der Waals surface area contributed by atoms with Gasteiger partial charge in [-0.05, 0) is 29.3 Å². The molecule has 0 atom stereocenters. The maximum absolute atomic E-state index is 12.3. The Morgan fingerprint density at radius 3 is 2.44 bits per heavy atom. The quantitative estimate of drug-likeness (QED) is 0.410. The fourth-order valence-electron chi connectivity index (χ4n) is 2.24. The lowest BCUT2D eigenvalue weighted by Gasteiger charge is -2.22. The number of carbonyl (C=O) groups excluding carboxylic acids is 2. The molecule has 2 aromatic rings. The van der Waals surface area contributed by atoms with Crippen LogP contribution in [0.15, 0.2) is 48.5 Å². The Labute approximate surface area is 153 Å². The number of nitro benzene ring substituents is 1. The Hall–Kier alpha value is -3.95. The molecule has 10 heteroatoms. The highest BCUT2D eigenvalue weighted by Crippen LogP contribution is 2.21.